The van der Waals surface area contributed by atoms with Gasteiger partial charge in [0.15, 0.2) is 9.84 Å². The molecule has 35 heavy (non-hydrogen) atoms. The predicted molar refractivity (Wildman–Crippen MR) is 142 cm³/mol. The van der Waals surface area contributed by atoms with Crippen LogP contribution in [0.4, 0.5) is 4.79 Å². The van der Waals surface area contributed by atoms with Gasteiger partial charge in [-0.1, -0.05) is 61.2 Å². The van der Waals surface area contributed by atoms with E-state index in [9.17, 15) is 13.2 Å². The van der Waals surface area contributed by atoms with Gasteiger partial charge < -0.3 is 10.6 Å². The summed E-state index contributed by atoms with van der Waals surface area (Å²) in [5.41, 5.74) is 4.73. The molecule has 2 aromatic rings. The molecule has 0 saturated heterocycles. The van der Waals surface area contributed by atoms with E-state index >= 15 is 0 Å². The molecular weight excluding hydrogens is 458 g/mol. The Kier molecular flexibility index (Phi) is 8.70. The highest BCUT2D eigenvalue weighted by Crippen LogP contribution is 2.25. The fourth-order valence-corrected chi connectivity index (χ4v) is 5.41. The summed E-state index contributed by atoms with van der Waals surface area (Å²) in [6, 6.07) is 15.5. The van der Waals surface area contributed by atoms with Crippen molar-refractivity contribution in [1.29, 1.82) is 0 Å². The molecule has 2 unspecified atom stereocenters. The third kappa shape index (κ3) is 7.16. The zero-order chi connectivity index (χ0) is 25.6. The minimum absolute atomic E-state index is 0.0995. The van der Waals surface area contributed by atoms with Crippen LogP contribution >= 0.6 is 0 Å². The first kappa shape index (κ1) is 26.4. The molecular formula is C28H35N3O3S. The molecule has 0 saturated carbocycles. The molecule has 1 aliphatic heterocycles. The molecule has 6 nitrogen and oxygen atoms in total. The summed E-state index contributed by atoms with van der Waals surface area (Å²) in [6.07, 6.45) is 5.30. The predicted octanol–water partition coefficient (Wildman–Crippen LogP) is 5.01. The van der Waals surface area contributed by atoms with Crippen molar-refractivity contribution in [3.05, 3.63) is 106 Å². The number of sulfone groups is 1. The second-order valence-electron chi connectivity index (χ2n) is 9.18. The van der Waals surface area contributed by atoms with E-state index in [0.29, 0.717) is 11.7 Å². The molecule has 0 spiro atoms. The van der Waals surface area contributed by atoms with Gasteiger partial charge in [0, 0.05) is 18.3 Å². The van der Waals surface area contributed by atoms with Crippen molar-refractivity contribution in [2.24, 2.45) is 0 Å². The summed E-state index contributed by atoms with van der Waals surface area (Å²) >= 11 is 0. The Balaban J connectivity index is 1.66. The lowest BCUT2D eigenvalue weighted by Crippen LogP contribution is -2.35. The Morgan fingerprint density at radius 3 is 2.57 bits per heavy atom. The average Bonchev–Trinajstić information content (AvgIpc) is 2.80. The SMILES string of the molecule is C=C/C(=C\C=C(/C)NC(=O)NC(C)c1ccccc1)S(=O)(=O)Cc1ccc2c(c1)CC(C)N(C)C2. The summed E-state index contributed by atoms with van der Waals surface area (Å²) in [4.78, 5) is 14.7. The average molecular weight is 494 g/mol. The molecule has 3 rings (SSSR count). The van der Waals surface area contributed by atoms with Crippen LogP contribution in [0.15, 0.2) is 83.9 Å². The number of benzene rings is 2. The Morgan fingerprint density at radius 1 is 1.17 bits per heavy atom. The van der Waals surface area contributed by atoms with Crippen LogP contribution in [0.5, 0.6) is 0 Å². The van der Waals surface area contributed by atoms with E-state index < -0.39 is 9.84 Å². The van der Waals surface area contributed by atoms with Gasteiger partial charge >= 0.3 is 6.03 Å². The fraction of sp³-hybridized carbons (Fsp3) is 0.321. The molecule has 0 aromatic heterocycles. The zero-order valence-corrected chi connectivity index (χ0v) is 21.7. The molecule has 2 aromatic carbocycles. The summed E-state index contributed by atoms with van der Waals surface area (Å²) in [5.74, 6) is -0.0995. The van der Waals surface area contributed by atoms with Crippen LogP contribution in [0.3, 0.4) is 0 Å². The second kappa shape index (κ2) is 11.5. The lowest BCUT2D eigenvalue weighted by atomic mass is 9.94. The smallest absolute Gasteiger partial charge is 0.319 e. The van der Waals surface area contributed by atoms with E-state index in [-0.39, 0.29) is 22.7 Å². The van der Waals surface area contributed by atoms with Gasteiger partial charge in [-0.05, 0) is 68.6 Å². The van der Waals surface area contributed by atoms with Gasteiger partial charge in [-0.2, -0.15) is 0 Å². The molecule has 2 amide bonds. The lowest BCUT2D eigenvalue weighted by molar-refractivity contribution is 0.231. The standard InChI is InChI=1S/C28H35N3O3S/c1-6-27(15-12-20(2)29-28(32)30-22(4)24-10-8-7-9-11-24)35(33,34)19-23-13-14-25-18-31(5)21(3)16-26(25)17-23/h6-15,17,21-22H,1,16,18-19H2,2-5H3,(H2,29,30,32)/b20-12+,27-15+. The number of likely N-dealkylation sites (N-methyl/N-ethyl adjacent to an activating group) is 1. The van der Waals surface area contributed by atoms with Crippen LogP contribution < -0.4 is 10.6 Å². The number of nitrogens with one attached hydrogen (secondary N) is 2. The number of nitrogens with zero attached hydrogens (tertiary/aromatic N) is 1. The Labute approximate surface area is 209 Å². The number of allylic oxidation sites excluding steroid dienone is 4. The molecule has 0 fully saturated rings. The molecule has 2 N–H and O–H groups in total. The highest BCUT2D eigenvalue weighted by atomic mass is 32.2. The number of urea groups is 1. The second-order valence-corrected chi connectivity index (χ2v) is 11.2. The monoisotopic (exact) mass is 493 g/mol. The van der Waals surface area contributed by atoms with Gasteiger partial charge in [0.1, 0.15) is 0 Å². The van der Waals surface area contributed by atoms with Gasteiger partial charge in [-0.25, -0.2) is 13.2 Å². The van der Waals surface area contributed by atoms with Crippen LogP contribution in [0.25, 0.3) is 0 Å². The Morgan fingerprint density at radius 2 is 1.89 bits per heavy atom. The van der Waals surface area contributed by atoms with E-state index in [4.69, 9.17) is 0 Å². The van der Waals surface area contributed by atoms with Crippen molar-refractivity contribution in [1.82, 2.24) is 15.5 Å². The third-order valence-corrected chi connectivity index (χ3v) is 8.07. The van der Waals surface area contributed by atoms with E-state index in [1.165, 1.54) is 23.3 Å². The largest absolute Gasteiger partial charge is 0.331 e. The van der Waals surface area contributed by atoms with Crippen LogP contribution in [-0.2, 0) is 28.6 Å². The Bertz CT molecular complexity index is 1230. The number of amides is 2. The highest BCUT2D eigenvalue weighted by Gasteiger charge is 2.22. The molecule has 186 valence electrons. The molecule has 1 heterocycles. The first-order valence-corrected chi connectivity index (χ1v) is 13.4. The van der Waals surface area contributed by atoms with Crippen molar-refractivity contribution in [2.75, 3.05) is 7.05 Å². The van der Waals surface area contributed by atoms with Crippen molar-refractivity contribution in [3.63, 3.8) is 0 Å². The van der Waals surface area contributed by atoms with Crippen molar-refractivity contribution in [2.45, 2.75) is 51.6 Å². The van der Waals surface area contributed by atoms with Gasteiger partial charge in [0.2, 0.25) is 0 Å². The van der Waals surface area contributed by atoms with Crippen molar-refractivity contribution >= 4 is 15.9 Å². The molecule has 0 aliphatic carbocycles. The van der Waals surface area contributed by atoms with Gasteiger partial charge in [-0.3, -0.25) is 4.90 Å². The topological polar surface area (TPSA) is 78.5 Å². The first-order chi connectivity index (χ1) is 16.6. The quantitative estimate of drug-likeness (QED) is 0.507. The maximum absolute atomic E-state index is 13.1. The third-order valence-electron chi connectivity index (χ3n) is 6.33. The van der Waals surface area contributed by atoms with E-state index in [0.717, 1.165) is 24.1 Å². The molecule has 7 heteroatoms. The fourth-order valence-electron chi connectivity index (χ4n) is 4.10. The summed E-state index contributed by atoms with van der Waals surface area (Å²) in [6.45, 7) is 10.3. The number of carbonyl (C=O) groups excluding carboxylic acids is 1. The Hall–Kier alpha value is -3.16. The van der Waals surface area contributed by atoms with E-state index in [1.807, 2.05) is 55.5 Å². The zero-order valence-electron chi connectivity index (χ0n) is 20.9. The number of hydrogen-bond acceptors (Lipinski definition) is 4. The first-order valence-electron chi connectivity index (χ1n) is 11.8. The normalized spacial score (nSPS) is 17.9. The van der Waals surface area contributed by atoms with E-state index in [2.05, 4.69) is 36.1 Å². The van der Waals surface area contributed by atoms with Gasteiger partial charge in [0.05, 0.1) is 16.7 Å². The van der Waals surface area contributed by atoms with Gasteiger partial charge in [0.25, 0.3) is 0 Å². The number of rotatable bonds is 8. The summed E-state index contributed by atoms with van der Waals surface area (Å²) in [7, 11) is -1.49. The number of carbonyl (C=O) groups is 1. The van der Waals surface area contributed by atoms with Gasteiger partial charge in [-0.15, -0.1) is 0 Å². The lowest BCUT2D eigenvalue weighted by Gasteiger charge is -2.31. The van der Waals surface area contributed by atoms with Crippen LogP contribution in [-0.4, -0.2) is 32.4 Å². The minimum atomic E-state index is -3.60. The minimum Gasteiger partial charge on any atom is -0.331 e. The van der Waals surface area contributed by atoms with Crippen molar-refractivity contribution < 1.29 is 13.2 Å². The highest BCUT2D eigenvalue weighted by molar-refractivity contribution is 7.94. The molecule has 1 aliphatic rings. The number of hydrogen-bond donors (Lipinski definition) is 2. The maximum Gasteiger partial charge on any atom is 0.319 e. The molecule has 0 radical (unpaired) electrons. The van der Waals surface area contributed by atoms with Crippen LogP contribution in [0, 0.1) is 0 Å². The molecule has 2 atom stereocenters. The number of fused-ring (bicyclic) bond motifs is 1. The van der Waals surface area contributed by atoms with Crippen LogP contribution in [0.2, 0.25) is 0 Å². The summed E-state index contributed by atoms with van der Waals surface area (Å²) in [5, 5.41) is 5.61. The maximum atomic E-state index is 13.1. The van der Waals surface area contributed by atoms with E-state index in [1.54, 1.807) is 13.0 Å². The molecule has 0 bridgehead atoms. The van der Waals surface area contributed by atoms with Crippen molar-refractivity contribution in [3.8, 4) is 0 Å². The van der Waals surface area contributed by atoms with Crippen LogP contribution in [0.1, 0.15) is 49.1 Å². The summed E-state index contributed by atoms with van der Waals surface area (Å²) < 4.78 is 26.2.